The quantitative estimate of drug-likeness (QED) is 0.660. The molecule has 0 radical (unpaired) electrons. The van der Waals surface area contributed by atoms with Gasteiger partial charge in [0.1, 0.15) is 10.7 Å². The van der Waals surface area contributed by atoms with Gasteiger partial charge in [-0.3, -0.25) is 9.69 Å². The molecule has 1 amide bonds. The first-order valence-electron chi connectivity index (χ1n) is 12.3. The Labute approximate surface area is 197 Å². The van der Waals surface area contributed by atoms with Crippen molar-refractivity contribution in [2.45, 2.75) is 55.9 Å². The maximum Gasteiger partial charge on any atom is 0.244 e. The van der Waals surface area contributed by atoms with E-state index in [1.54, 1.807) is 12.1 Å². The SMILES string of the molecule is O=C(CN1CCN(c2ccc(S(=O)(=O)N3CCOCC3)cn2)CC1)NC1CCCCCCC1. The summed E-state index contributed by atoms with van der Waals surface area (Å²) in [6.45, 7) is 5.14. The largest absolute Gasteiger partial charge is 0.379 e. The average Bonchev–Trinajstić information content (AvgIpc) is 2.82. The lowest BCUT2D eigenvalue weighted by molar-refractivity contribution is -0.123. The molecule has 10 heteroatoms. The second-order valence-corrected chi connectivity index (χ2v) is 11.2. The first-order chi connectivity index (χ1) is 16.0. The van der Waals surface area contributed by atoms with Gasteiger partial charge in [0.05, 0.1) is 19.8 Å². The molecule has 1 N–H and O–H groups in total. The number of amides is 1. The number of carbonyl (C=O) groups is 1. The Kier molecular flexibility index (Phi) is 8.56. The zero-order chi connectivity index (χ0) is 23.1. The van der Waals surface area contributed by atoms with E-state index in [-0.39, 0.29) is 10.8 Å². The highest BCUT2D eigenvalue weighted by molar-refractivity contribution is 7.89. The maximum absolute atomic E-state index is 12.8. The minimum absolute atomic E-state index is 0.129. The van der Waals surface area contributed by atoms with E-state index in [4.69, 9.17) is 4.74 Å². The van der Waals surface area contributed by atoms with Crippen molar-refractivity contribution < 1.29 is 17.9 Å². The number of nitrogens with zero attached hydrogens (tertiary/aromatic N) is 4. The van der Waals surface area contributed by atoms with Crippen molar-refractivity contribution in [2.75, 3.05) is 63.9 Å². The number of ether oxygens (including phenoxy) is 1. The summed E-state index contributed by atoms with van der Waals surface area (Å²) < 4.78 is 32.2. The number of anilines is 1. The van der Waals surface area contributed by atoms with Crippen LogP contribution in [0.3, 0.4) is 0 Å². The highest BCUT2D eigenvalue weighted by Crippen LogP contribution is 2.20. The van der Waals surface area contributed by atoms with Gasteiger partial charge in [0.2, 0.25) is 15.9 Å². The summed E-state index contributed by atoms with van der Waals surface area (Å²) in [6.07, 6.45) is 9.96. The fourth-order valence-electron chi connectivity index (χ4n) is 4.86. The summed E-state index contributed by atoms with van der Waals surface area (Å²) in [5.74, 6) is 0.902. The smallest absolute Gasteiger partial charge is 0.244 e. The molecule has 184 valence electrons. The summed E-state index contributed by atoms with van der Waals surface area (Å²) >= 11 is 0. The normalized spacial score (nSPS) is 22.5. The monoisotopic (exact) mass is 479 g/mol. The van der Waals surface area contributed by atoms with Crippen LogP contribution in [0.25, 0.3) is 0 Å². The summed E-state index contributed by atoms with van der Waals surface area (Å²) in [5.41, 5.74) is 0. The number of sulfonamides is 1. The van der Waals surface area contributed by atoms with E-state index in [1.807, 2.05) is 0 Å². The van der Waals surface area contributed by atoms with Gasteiger partial charge in [0, 0.05) is 51.5 Å². The van der Waals surface area contributed by atoms with Gasteiger partial charge in [-0.15, -0.1) is 0 Å². The lowest BCUT2D eigenvalue weighted by Gasteiger charge is -2.35. The summed E-state index contributed by atoms with van der Waals surface area (Å²) in [5, 5.41) is 3.25. The molecule has 0 spiro atoms. The molecule has 4 rings (SSSR count). The van der Waals surface area contributed by atoms with E-state index in [1.165, 1.54) is 42.6 Å². The van der Waals surface area contributed by atoms with Gasteiger partial charge in [-0.25, -0.2) is 13.4 Å². The fourth-order valence-corrected chi connectivity index (χ4v) is 6.21. The Morgan fingerprint density at radius 3 is 2.27 bits per heavy atom. The number of pyridine rings is 1. The van der Waals surface area contributed by atoms with Crippen molar-refractivity contribution in [3.63, 3.8) is 0 Å². The molecule has 9 nitrogen and oxygen atoms in total. The molecule has 2 aliphatic heterocycles. The summed E-state index contributed by atoms with van der Waals surface area (Å²) in [6, 6.07) is 3.75. The molecule has 2 saturated heterocycles. The molecule has 3 heterocycles. The first kappa shape index (κ1) is 24.4. The predicted molar refractivity (Wildman–Crippen MR) is 127 cm³/mol. The van der Waals surface area contributed by atoms with Crippen LogP contribution in [-0.4, -0.2) is 93.6 Å². The Balaban J connectivity index is 1.24. The number of aromatic nitrogens is 1. The van der Waals surface area contributed by atoms with E-state index < -0.39 is 10.0 Å². The highest BCUT2D eigenvalue weighted by Gasteiger charge is 2.27. The zero-order valence-corrected chi connectivity index (χ0v) is 20.3. The van der Waals surface area contributed by atoms with Crippen molar-refractivity contribution in [3.8, 4) is 0 Å². The number of piperazine rings is 1. The van der Waals surface area contributed by atoms with Crippen LogP contribution in [0, 0.1) is 0 Å². The number of hydrogen-bond acceptors (Lipinski definition) is 7. The van der Waals surface area contributed by atoms with E-state index in [9.17, 15) is 13.2 Å². The van der Waals surface area contributed by atoms with Gasteiger partial charge >= 0.3 is 0 Å². The molecule has 1 aromatic heterocycles. The molecule has 0 bridgehead atoms. The van der Waals surface area contributed by atoms with Gasteiger partial charge in [0.25, 0.3) is 0 Å². The van der Waals surface area contributed by atoms with Crippen molar-refractivity contribution in [1.29, 1.82) is 0 Å². The van der Waals surface area contributed by atoms with Crippen LogP contribution in [-0.2, 0) is 19.6 Å². The molecule has 0 atom stereocenters. The fraction of sp³-hybridized carbons (Fsp3) is 0.739. The molecule has 3 aliphatic rings. The van der Waals surface area contributed by atoms with Crippen LogP contribution in [0.5, 0.6) is 0 Å². The topological polar surface area (TPSA) is 95.1 Å². The molecule has 1 aliphatic carbocycles. The lowest BCUT2D eigenvalue weighted by atomic mass is 9.97. The van der Waals surface area contributed by atoms with Gasteiger partial charge in [-0.2, -0.15) is 4.31 Å². The van der Waals surface area contributed by atoms with E-state index in [2.05, 4.69) is 20.1 Å². The van der Waals surface area contributed by atoms with Crippen LogP contribution < -0.4 is 10.2 Å². The van der Waals surface area contributed by atoms with Crippen LogP contribution >= 0.6 is 0 Å². The van der Waals surface area contributed by atoms with Crippen molar-refractivity contribution in [1.82, 2.24) is 19.5 Å². The second-order valence-electron chi connectivity index (χ2n) is 9.24. The molecule has 3 fully saturated rings. The van der Waals surface area contributed by atoms with Gasteiger partial charge in [-0.05, 0) is 25.0 Å². The van der Waals surface area contributed by atoms with Crippen LogP contribution in [0.4, 0.5) is 5.82 Å². The first-order valence-corrected chi connectivity index (χ1v) is 13.8. The Bertz CT molecular complexity index is 857. The van der Waals surface area contributed by atoms with Gasteiger partial charge in [0.15, 0.2) is 0 Å². The van der Waals surface area contributed by atoms with Crippen LogP contribution in [0.2, 0.25) is 0 Å². The molecule has 33 heavy (non-hydrogen) atoms. The van der Waals surface area contributed by atoms with Gasteiger partial charge in [-0.1, -0.05) is 32.1 Å². The standard InChI is InChI=1S/C23H37N5O4S/c29-23(25-20-6-4-2-1-3-5-7-20)19-26-10-12-27(13-11-26)22-9-8-21(18-24-22)33(30,31)28-14-16-32-17-15-28/h8-9,18,20H,1-7,10-17,19H2,(H,25,29). The highest BCUT2D eigenvalue weighted by atomic mass is 32.2. The molecular formula is C23H37N5O4S. The third kappa shape index (κ3) is 6.65. The Morgan fingerprint density at radius 1 is 0.970 bits per heavy atom. The van der Waals surface area contributed by atoms with Crippen LogP contribution in [0.15, 0.2) is 23.2 Å². The lowest BCUT2D eigenvalue weighted by Crippen LogP contribution is -2.50. The third-order valence-corrected chi connectivity index (χ3v) is 8.74. The average molecular weight is 480 g/mol. The van der Waals surface area contributed by atoms with Crippen molar-refractivity contribution in [3.05, 3.63) is 18.3 Å². The number of nitrogens with one attached hydrogen (secondary N) is 1. The van der Waals surface area contributed by atoms with Crippen LogP contribution in [0.1, 0.15) is 44.9 Å². The van der Waals surface area contributed by atoms with Gasteiger partial charge < -0.3 is 15.0 Å². The molecular weight excluding hydrogens is 442 g/mol. The zero-order valence-electron chi connectivity index (χ0n) is 19.5. The molecule has 0 unspecified atom stereocenters. The van der Waals surface area contributed by atoms with E-state index in [0.717, 1.165) is 44.8 Å². The number of rotatable bonds is 6. The summed E-state index contributed by atoms with van der Waals surface area (Å²) in [7, 11) is -3.53. The Hall–Kier alpha value is -1.75. The number of carbonyl (C=O) groups excluding carboxylic acids is 1. The maximum atomic E-state index is 12.8. The number of morpholine rings is 1. The van der Waals surface area contributed by atoms with Crippen molar-refractivity contribution in [2.24, 2.45) is 0 Å². The minimum atomic E-state index is -3.53. The molecule has 1 saturated carbocycles. The number of hydrogen-bond donors (Lipinski definition) is 1. The molecule has 0 aromatic carbocycles. The minimum Gasteiger partial charge on any atom is -0.379 e. The summed E-state index contributed by atoms with van der Waals surface area (Å²) in [4.78, 5) is 21.5. The second kappa shape index (κ2) is 11.6. The van der Waals surface area contributed by atoms with Crippen molar-refractivity contribution >= 4 is 21.7 Å². The third-order valence-electron chi connectivity index (χ3n) is 6.86. The van der Waals surface area contributed by atoms with E-state index in [0.29, 0.717) is 38.9 Å². The Morgan fingerprint density at radius 2 is 1.64 bits per heavy atom. The van der Waals surface area contributed by atoms with E-state index >= 15 is 0 Å². The molecule has 1 aromatic rings. The predicted octanol–water partition coefficient (Wildman–Crippen LogP) is 1.45.